The summed E-state index contributed by atoms with van der Waals surface area (Å²) in [5.41, 5.74) is 1.33. The number of aromatic carboxylic acids is 1. The molecule has 0 spiro atoms. The Bertz CT molecular complexity index is 711. The second-order valence-electron chi connectivity index (χ2n) is 5.15. The first-order chi connectivity index (χ1) is 10.6. The summed E-state index contributed by atoms with van der Waals surface area (Å²) in [6.45, 7) is 1.26. The second kappa shape index (κ2) is 6.40. The van der Waals surface area contributed by atoms with Gasteiger partial charge in [0.1, 0.15) is 5.56 Å². The molecule has 1 saturated heterocycles. The van der Waals surface area contributed by atoms with Crippen LogP contribution in [-0.4, -0.2) is 34.1 Å². The summed E-state index contributed by atoms with van der Waals surface area (Å²) in [5.74, 6) is -1.02. The number of hydrogen-bond donors (Lipinski definition) is 1. The van der Waals surface area contributed by atoms with Gasteiger partial charge in [-0.05, 0) is 25.0 Å². The number of ether oxygens (including phenoxy) is 1. The molecule has 1 aromatic carbocycles. The lowest BCUT2D eigenvalue weighted by Crippen LogP contribution is -2.23. The third kappa shape index (κ3) is 2.91. The number of benzene rings is 1. The van der Waals surface area contributed by atoms with E-state index in [1.54, 1.807) is 16.8 Å². The Morgan fingerprint density at radius 2 is 2.32 bits per heavy atom. The van der Waals surface area contributed by atoms with Gasteiger partial charge in [0, 0.05) is 16.6 Å². The summed E-state index contributed by atoms with van der Waals surface area (Å²) in [5, 5.41) is 14.2. The van der Waals surface area contributed by atoms with Gasteiger partial charge in [-0.2, -0.15) is 5.10 Å². The molecule has 0 aliphatic carbocycles. The van der Waals surface area contributed by atoms with Crippen molar-refractivity contribution < 1.29 is 14.6 Å². The standard InChI is InChI=1S/C15H14BrClN2O3/c16-9-3-4-11(13(17)6-9)14-12(15(20)21)7-18-19(14)10-2-1-5-22-8-10/h3-4,6-7,10H,1-2,5,8H2,(H,20,21). The van der Waals surface area contributed by atoms with Crippen LogP contribution in [0.15, 0.2) is 28.9 Å². The maximum absolute atomic E-state index is 11.5. The third-order valence-electron chi connectivity index (χ3n) is 3.69. The zero-order chi connectivity index (χ0) is 15.7. The molecule has 2 heterocycles. The van der Waals surface area contributed by atoms with Gasteiger partial charge in [-0.3, -0.25) is 4.68 Å². The van der Waals surface area contributed by atoms with E-state index in [0.717, 1.165) is 23.9 Å². The third-order valence-corrected chi connectivity index (χ3v) is 4.50. The SMILES string of the molecule is O=C(O)c1cnn(C2CCCOC2)c1-c1ccc(Br)cc1Cl. The van der Waals surface area contributed by atoms with Crippen molar-refractivity contribution in [1.82, 2.24) is 9.78 Å². The minimum absolute atomic E-state index is 0.0246. The van der Waals surface area contributed by atoms with E-state index in [9.17, 15) is 9.90 Å². The Kier molecular flexibility index (Phi) is 4.52. The highest BCUT2D eigenvalue weighted by atomic mass is 79.9. The van der Waals surface area contributed by atoms with Crippen molar-refractivity contribution in [3.8, 4) is 11.3 Å². The predicted molar refractivity (Wildman–Crippen MR) is 86.4 cm³/mol. The molecular formula is C15H14BrClN2O3. The van der Waals surface area contributed by atoms with E-state index < -0.39 is 5.97 Å². The van der Waals surface area contributed by atoms with Gasteiger partial charge in [-0.1, -0.05) is 33.6 Å². The van der Waals surface area contributed by atoms with Crippen LogP contribution in [0.4, 0.5) is 0 Å². The van der Waals surface area contributed by atoms with Crippen LogP contribution in [0.5, 0.6) is 0 Å². The van der Waals surface area contributed by atoms with Crippen molar-refractivity contribution in [2.75, 3.05) is 13.2 Å². The monoisotopic (exact) mass is 384 g/mol. The van der Waals surface area contributed by atoms with E-state index in [2.05, 4.69) is 21.0 Å². The molecule has 22 heavy (non-hydrogen) atoms. The Hall–Kier alpha value is -1.37. The molecule has 1 aliphatic heterocycles. The molecule has 0 saturated carbocycles. The Balaban J connectivity index is 2.14. The molecule has 1 fully saturated rings. The number of carboxylic acid groups (broad SMARTS) is 1. The largest absolute Gasteiger partial charge is 0.478 e. The number of carboxylic acids is 1. The first-order valence-electron chi connectivity index (χ1n) is 6.92. The highest BCUT2D eigenvalue weighted by Crippen LogP contribution is 2.35. The molecule has 3 rings (SSSR count). The second-order valence-corrected chi connectivity index (χ2v) is 6.47. The summed E-state index contributed by atoms with van der Waals surface area (Å²) in [6, 6.07) is 5.41. The fourth-order valence-corrected chi connectivity index (χ4v) is 3.43. The van der Waals surface area contributed by atoms with Gasteiger partial charge in [0.2, 0.25) is 0 Å². The van der Waals surface area contributed by atoms with Crippen molar-refractivity contribution in [2.24, 2.45) is 0 Å². The molecule has 7 heteroatoms. The summed E-state index contributed by atoms with van der Waals surface area (Å²) >= 11 is 9.67. The summed E-state index contributed by atoms with van der Waals surface area (Å²) in [4.78, 5) is 11.5. The number of hydrogen-bond acceptors (Lipinski definition) is 3. The van der Waals surface area contributed by atoms with Gasteiger partial charge in [0.05, 0.1) is 29.6 Å². The topological polar surface area (TPSA) is 64.3 Å². The first kappa shape index (κ1) is 15.5. The number of carbonyl (C=O) groups is 1. The van der Waals surface area contributed by atoms with Crippen LogP contribution in [0.25, 0.3) is 11.3 Å². The number of nitrogens with zero attached hydrogens (tertiary/aromatic N) is 2. The molecule has 0 bridgehead atoms. The normalized spacial score (nSPS) is 18.4. The van der Waals surface area contributed by atoms with E-state index in [4.69, 9.17) is 16.3 Å². The zero-order valence-corrected chi connectivity index (χ0v) is 14.0. The average Bonchev–Trinajstić information content (AvgIpc) is 2.93. The van der Waals surface area contributed by atoms with Crippen molar-refractivity contribution in [3.63, 3.8) is 0 Å². The molecular weight excluding hydrogens is 372 g/mol. The molecule has 2 aromatic rings. The Labute approximate surface area is 141 Å². The van der Waals surface area contributed by atoms with Crippen LogP contribution < -0.4 is 0 Å². The molecule has 0 amide bonds. The van der Waals surface area contributed by atoms with Gasteiger partial charge < -0.3 is 9.84 Å². The molecule has 1 N–H and O–H groups in total. The summed E-state index contributed by atoms with van der Waals surface area (Å²) in [7, 11) is 0. The maximum Gasteiger partial charge on any atom is 0.339 e. The summed E-state index contributed by atoms with van der Waals surface area (Å²) < 4.78 is 8.07. The fourth-order valence-electron chi connectivity index (χ4n) is 2.66. The van der Waals surface area contributed by atoms with E-state index in [-0.39, 0.29) is 11.6 Å². The average molecular weight is 386 g/mol. The van der Waals surface area contributed by atoms with Crippen molar-refractivity contribution in [1.29, 1.82) is 0 Å². The Morgan fingerprint density at radius 3 is 2.95 bits per heavy atom. The van der Waals surface area contributed by atoms with Gasteiger partial charge in [-0.15, -0.1) is 0 Å². The van der Waals surface area contributed by atoms with Crippen molar-refractivity contribution in [3.05, 3.63) is 39.5 Å². The van der Waals surface area contributed by atoms with E-state index in [1.165, 1.54) is 6.20 Å². The molecule has 116 valence electrons. The first-order valence-corrected chi connectivity index (χ1v) is 8.09. The lowest BCUT2D eigenvalue weighted by Gasteiger charge is -2.24. The van der Waals surface area contributed by atoms with Crippen molar-refractivity contribution in [2.45, 2.75) is 18.9 Å². The molecule has 1 atom stereocenters. The molecule has 5 nitrogen and oxygen atoms in total. The number of halogens is 2. The van der Waals surface area contributed by atoms with Crippen LogP contribution in [0.1, 0.15) is 29.2 Å². The van der Waals surface area contributed by atoms with E-state index in [1.807, 2.05) is 6.07 Å². The van der Waals surface area contributed by atoms with Gasteiger partial charge in [0.25, 0.3) is 0 Å². The highest BCUT2D eigenvalue weighted by molar-refractivity contribution is 9.10. The number of aromatic nitrogens is 2. The van der Waals surface area contributed by atoms with Crippen LogP contribution in [0.2, 0.25) is 5.02 Å². The highest BCUT2D eigenvalue weighted by Gasteiger charge is 2.26. The predicted octanol–water partition coefficient (Wildman–Crippen LogP) is 4.02. The van der Waals surface area contributed by atoms with Gasteiger partial charge in [-0.25, -0.2) is 4.79 Å². The Morgan fingerprint density at radius 1 is 1.50 bits per heavy atom. The number of rotatable bonds is 3. The lowest BCUT2D eigenvalue weighted by molar-refractivity contribution is 0.0554. The van der Waals surface area contributed by atoms with Crippen LogP contribution in [-0.2, 0) is 4.74 Å². The smallest absolute Gasteiger partial charge is 0.339 e. The minimum Gasteiger partial charge on any atom is -0.478 e. The van der Waals surface area contributed by atoms with Gasteiger partial charge in [0.15, 0.2) is 0 Å². The van der Waals surface area contributed by atoms with E-state index in [0.29, 0.717) is 22.9 Å². The van der Waals surface area contributed by atoms with Crippen molar-refractivity contribution >= 4 is 33.5 Å². The molecule has 1 unspecified atom stereocenters. The maximum atomic E-state index is 11.5. The quantitative estimate of drug-likeness (QED) is 0.867. The van der Waals surface area contributed by atoms with E-state index >= 15 is 0 Å². The molecule has 1 aromatic heterocycles. The minimum atomic E-state index is -1.02. The zero-order valence-electron chi connectivity index (χ0n) is 11.6. The lowest BCUT2D eigenvalue weighted by atomic mass is 10.1. The molecule has 0 radical (unpaired) electrons. The van der Waals surface area contributed by atoms with Crippen LogP contribution in [0.3, 0.4) is 0 Å². The summed E-state index contributed by atoms with van der Waals surface area (Å²) in [6.07, 6.45) is 3.22. The van der Waals surface area contributed by atoms with Crippen LogP contribution >= 0.6 is 27.5 Å². The fraction of sp³-hybridized carbons (Fsp3) is 0.333. The molecule has 1 aliphatic rings. The van der Waals surface area contributed by atoms with Crippen LogP contribution in [0, 0.1) is 0 Å². The van der Waals surface area contributed by atoms with Gasteiger partial charge >= 0.3 is 5.97 Å².